The van der Waals surface area contributed by atoms with E-state index in [-0.39, 0.29) is 12.4 Å². The lowest BCUT2D eigenvalue weighted by Crippen LogP contribution is -2.14. The first-order valence-electron chi connectivity index (χ1n) is 5.00. The SMILES string of the molecule is COCC/C(N)=N/OCc1ccc(Br)cc1F. The van der Waals surface area contributed by atoms with Crippen molar-refractivity contribution in [2.45, 2.75) is 13.0 Å². The zero-order chi connectivity index (χ0) is 12.7. The minimum atomic E-state index is -0.343. The Morgan fingerprint density at radius 1 is 1.53 bits per heavy atom. The topological polar surface area (TPSA) is 56.8 Å². The van der Waals surface area contributed by atoms with Gasteiger partial charge in [-0.15, -0.1) is 0 Å². The highest BCUT2D eigenvalue weighted by Gasteiger charge is 2.03. The molecule has 0 radical (unpaired) electrons. The van der Waals surface area contributed by atoms with E-state index in [1.54, 1.807) is 19.2 Å². The van der Waals surface area contributed by atoms with Crippen LogP contribution >= 0.6 is 15.9 Å². The van der Waals surface area contributed by atoms with Gasteiger partial charge in [0, 0.05) is 23.6 Å². The van der Waals surface area contributed by atoms with Gasteiger partial charge in [-0.05, 0) is 12.1 Å². The third kappa shape index (κ3) is 5.14. The van der Waals surface area contributed by atoms with Crippen LogP contribution in [-0.4, -0.2) is 19.6 Å². The summed E-state index contributed by atoms with van der Waals surface area (Å²) in [7, 11) is 1.57. The van der Waals surface area contributed by atoms with Crippen molar-refractivity contribution in [2.75, 3.05) is 13.7 Å². The van der Waals surface area contributed by atoms with Gasteiger partial charge >= 0.3 is 0 Å². The number of oxime groups is 1. The first-order valence-corrected chi connectivity index (χ1v) is 5.80. The molecule has 0 unspecified atom stereocenters. The molecule has 0 amide bonds. The Labute approximate surface area is 108 Å². The number of hydrogen-bond donors (Lipinski definition) is 1. The summed E-state index contributed by atoms with van der Waals surface area (Å²) in [4.78, 5) is 4.95. The van der Waals surface area contributed by atoms with Gasteiger partial charge in [-0.3, -0.25) is 0 Å². The highest BCUT2D eigenvalue weighted by molar-refractivity contribution is 9.10. The fourth-order valence-electron chi connectivity index (χ4n) is 1.08. The number of nitrogens with two attached hydrogens (primary N) is 1. The average Bonchev–Trinajstić information content (AvgIpc) is 2.29. The van der Waals surface area contributed by atoms with Crippen LogP contribution in [0.2, 0.25) is 0 Å². The zero-order valence-electron chi connectivity index (χ0n) is 9.45. The summed E-state index contributed by atoms with van der Waals surface area (Å²) in [5, 5.41) is 3.66. The third-order valence-electron chi connectivity index (χ3n) is 1.98. The number of ether oxygens (including phenoxy) is 1. The van der Waals surface area contributed by atoms with E-state index < -0.39 is 0 Å². The van der Waals surface area contributed by atoms with Crippen LogP contribution in [0, 0.1) is 5.82 Å². The van der Waals surface area contributed by atoms with Gasteiger partial charge in [0.05, 0.1) is 6.61 Å². The van der Waals surface area contributed by atoms with Gasteiger partial charge in [-0.25, -0.2) is 4.39 Å². The molecule has 0 aliphatic rings. The van der Waals surface area contributed by atoms with Crippen molar-refractivity contribution in [1.82, 2.24) is 0 Å². The van der Waals surface area contributed by atoms with E-state index in [2.05, 4.69) is 21.1 Å². The van der Waals surface area contributed by atoms with Gasteiger partial charge in [-0.2, -0.15) is 0 Å². The molecule has 0 atom stereocenters. The summed E-state index contributed by atoms with van der Waals surface area (Å²) >= 11 is 3.17. The molecule has 0 heterocycles. The minimum absolute atomic E-state index is 0.0484. The van der Waals surface area contributed by atoms with Crippen molar-refractivity contribution in [3.05, 3.63) is 34.1 Å². The molecule has 94 valence electrons. The number of hydrogen-bond acceptors (Lipinski definition) is 3. The van der Waals surface area contributed by atoms with Crippen LogP contribution in [0.3, 0.4) is 0 Å². The molecule has 0 saturated heterocycles. The molecular formula is C11H14BrFN2O2. The lowest BCUT2D eigenvalue weighted by Gasteiger charge is -2.03. The number of nitrogens with zero attached hydrogens (tertiary/aromatic N) is 1. The van der Waals surface area contributed by atoms with Crippen molar-refractivity contribution in [3.8, 4) is 0 Å². The van der Waals surface area contributed by atoms with Crippen LogP contribution in [0.1, 0.15) is 12.0 Å². The number of amidine groups is 1. The predicted octanol–water partition coefficient (Wildman–Crippen LogP) is 2.41. The van der Waals surface area contributed by atoms with Crippen LogP contribution in [0.25, 0.3) is 0 Å². The Balaban J connectivity index is 2.45. The molecule has 0 aliphatic carbocycles. The average molecular weight is 305 g/mol. The molecule has 17 heavy (non-hydrogen) atoms. The van der Waals surface area contributed by atoms with E-state index in [1.807, 2.05) is 0 Å². The molecule has 1 rings (SSSR count). The van der Waals surface area contributed by atoms with Crippen molar-refractivity contribution in [3.63, 3.8) is 0 Å². The number of methoxy groups -OCH3 is 1. The second kappa shape index (κ2) is 7.24. The van der Waals surface area contributed by atoms with Gasteiger partial charge in [0.25, 0.3) is 0 Å². The summed E-state index contributed by atoms with van der Waals surface area (Å²) in [5.74, 6) is -0.0191. The van der Waals surface area contributed by atoms with Gasteiger partial charge < -0.3 is 15.3 Å². The molecule has 2 N–H and O–H groups in total. The van der Waals surface area contributed by atoms with Gasteiger partial charge in [0.1, 0.15) is 18.3 Å². The Morgan fingerprint density at radius 3 is 2.94 bits per heavy atom. The standard InChI is InChI=1S/C11H14BrFN2O2/c1-16-5-4-11(14)15-17-7-8-2-3-9(12)6-10(8)13/h2-3,6H,4-5,7H2,1H3,(H2,14,15). The maximum absolute atomic E-state index is 13.4. The fraction of sp³-hybridized carbons (Fsp3) is 0.364. The smallest absolute Gasteiger partial charge is 0.145 e. The first-order chi connectivity index (χ1) is 8.13. The summed E-state index contributed by atoms with van der Waals surface area (Å²) in [6.07, 6.45) is 0.485. The Morgan fingerprint density at radius 2 is 2.29 bits per heavy atom. The second-order valence-electron chi connectivity index (χ2n) is 3.33. The van der Waals surface area contributed by atoms with Crippen LogP contribution in [-0.2, 0) is 16.2 Å². The Bertz CT molecular complexity index is 399. The van der Waals surface area contributed by atoms with E-state index in [0.717, 1.165) is 0 Å². The second-order valence-corrected chi connectivity index (χ2v) is 4.25. The summed E-state index contributed by atoms with van der Waals surface area (Å²) in [5.41, 5.74) is 5.96. The minimum Gasteiger partial charge on any atom is -0.389 e. The molecule has 0 aliphatic heterocycles. The Kier molecular flexibility index (Phi) is 5.93. The quantitative estimate of drug-likeness (QED) is 0.499. The van der Waals surface area contributed by atoms with Gasteiger partial charge in [0.15, 0.2) is 0 Å². The Hall–Kier alpha value is -1.14. The van der Waals surface area contributed by atoms with Crippen molar-refractivity contribution >= 4 is 21.8 Å². The van der Waals surface area contributed by atoms with Gasteiger partial charge in [0.2, 0.25) is 0 Å². The molecule has 6 heteroatoms. The molecule has 0 spiro atoms. The fourth-order valence-corrected chi connectivity index (χ4v) is 1.41. The van der Waals surface area contributed by atoms with Crippen LogP contribution in [0.15, 0.2) is 27.8 Å². The normalized spacial score (nSPS) is 11.6. The maximum Gasteiger partial charge on any atom is 0.145 e. The third-order valence-corrected chi connectivity index (χ3v) is 2.47. The molecule has 0 saturated carbocycles. The maximum atomic E-state index is 13.4. The molecule has 4 nitrogen and oxygen atoms in total. The van der Waals surface area contributed by atoms with E-state index in [0.29, 0.717) is 28.9 Å². The summed E-state index contributed by atoms with van der Waals surface area (Å²) < 4.78 is 18.9. The number of halogens is 2. The predicted molar refractivity (Wildman–Crippen MR) is 67.0 cm³/mol. The zero-order valence-corrected chi connectivity index (χ0v) is 11.0. The molecule has 1 aromatic carbocycles. The largest absolute Gasteiger partial charge is 0.389 e. The van der Waals surface area contributed by atoms with Crippen LogP contribution < -0.4 is 5.73 Å². The van der Waals surface area contributed by atoms with Crippen LogP contribution in [0.4, 0.5) is 4.39 Å². The van der Waals surface area contributed by atoms with Crippen molar-refractivity contribution in [1.29, 1.82) is 0 Å². The van der Waals surface area contributed by atoms with E-state index in [1.165, 1.54) is 6.07 Å². The molecule has 0 aromatic heterocycles. The monoisotopic (exact) mass is 304 g/mol. The highest BCUT2D eigenvalue weighted by atomic mass is 79.9. The molecule has 1 aromatic rings. The number of benzene rings is 1. The highest BCUT2D eigenvalue weighted by Crippen LogP contribution is 2.15. The van der Waals surface area contributed by atoms with Crippen molar-refractivity contribution in [2.24, 2.45) is 10.9 Å². The van der Waals surface area contributed by atoms with Crippen molar-refractivity contribution < 1.29 is 14.0 Å². The first kappa shape index (κ1) is 13.9. The molecule has 0 bridgehead atoms. The van der Waals surface area contributed by atoms with Gasteiger partial charge in [-0.1, -0.05) is 27.2 Å². The summed E-state index contributed by atoms with van der Waals surface area (Å²) in [6, 6.07) is 4.73. The van der Waals surface area contributed by atoms with E-state index in [4.69, 9.17) is 15.3 Å². The lowest BCUT2D eigenvalue weighted by atomic mass is 10.2. The number of rotatable bonds is 6. The van der Waals surface area contributed by atoms with Crippen LogP contribution in [0.5, 0.6) is 0 Å². The molecular weight excluding hydrogens is 291 g/mol. The van der Waals surface area contributed by atoms with E-state index >= 15 is 0 Å². The lowest BCUT2D eigenvalue weighted by molar-refractivity contribution is 0.125. The molecule has 0 fully saturated rings. The summed E-state index contributed by atoms with van der Waals surface area (Å²) in [6.45, 7) is 0.526. The van der Waals surface area contributed by atoms with E-state index in [9.17, 15) is 4.39 Å².